The van der Waals surface area contributed by atoms with Crippen LogP contribution in [0.1, 0.15) is 24.0 Å². The molecule has 216 valence electrons. The van der Waals surface area contributed by atoms with E-state index in [0.29, 0.717) is 62.8 Å². The molecule has 8 nitrogen and oxygen atoms in total. The molecule has 5 rings (SSSR count). The zero-order chi connectivity index (χ0) is 29.2. The van der Waals surface area contributed by atoms with E-state index in [-0.39, 0.29) is 6.03 Å². The first kappa shape index (κ1) is 28.7. The fourth-order valence-electron chi connectivity index (χ4n) is 4.70. The lowest BCUT2D eigenvalue weighted by atomic mass is 9.87. The zero-order valence-corrected chi connectivity index (χ0v) is 23.3. The first-order valence-electron chi connectivity index (χ1n) is 14.0. The van der Waals surface area contributed by atoms with Gasteiger partial charge in [0.2, 0.25) is 0 Å². The van der Waals surface area contributed by atoms with E-state index >= 15 is 0 Å². The number of urea groups is 1. The van der Waals surface area contributed by atoms with E-state index < -0.39 is 11.6 Å². The highest BCUT2D eigenvalue weighted by atomic mass is 16.5. The van der Waals surface area contributed by atoms with E-state index in [0.717, 1.165) is 16.9 Å². The van der Waals surface area contributed by atoms with Crippen LogP contribution in [0.15, 0.2) is 109 Å². The number of rotatable bonds is 13. The summed E-state index contributed by atoms with van der Waals surface area (Å²) in [5.41, 5.74) is 1.48. The Labute approximate surface area is 245 Å². The van der Waals surface area contributed by atoms with Crippen LogP contribution in [0.4, 0.5) is 10.5 Å². The van der Waals surface area contributed by atoms with Gasteiger partial charge in [0.25, 0.3) is 0 Å². The number of para-hydroxylation sites is 1. The van der Waals surface area contributed by atoms with Crippen molar-refractivity contribution < 1.29 is 28.9 Å². The van der Waals surface area contributed by atoms with Crippen LogP contribution in [0.25, 0.3) is 0 Å². The number of anilines is 1. The Morgan fingerprint density at radius 3 is 2.05 bits per heavy atom. The minimum atomic E-state index is -1.11. The number of aliphatic carboxylic acids is 1. The number of carboxylic acids is 1. The molecular weight excluding hydrogens is 532 g/mol. The molecule has 1 heterocycles. The topological polar surface area (TPSA) is 97.3 Å². The number of carbonyl (C=O) groups excluding carboxylic acids is 1. The number of amides is 2. The molecule has 4 aromatic carbocycles. The highest BCUT2D eigenvalue weighted by Crippen LogP contribution is 2.31. The Bertz CT molecular complexity index is 1440. The molecule has 0 radical (unpaired) electrons. The number of carboxylic acid groups (broad SMARTS) is 1. The number of ether oxygens (including phenoxy) is 3. The summed E-state index contributed by atoms with van der Waals surface area (Å²) >= 11 is 0. The molecule has 2 amide bonds. The summed E-state index contributed by atoms with van der Waals surface area (Å²) in [6.07, 6.45) is 1.47. The molecule has 1 unspecified atom stereocenters. The van der Waals surface area contributed by atoms with Gasteiger partial charge in [-0.05, 0) is 66.1 Å². The lowest BCUT2D eigenvalue weighted by molar-refractivity contribution is -0.193. The van der Waals surface area contributed by atoms with Gasteiger partial charge in [-0.25, -0.2) is 9.59 Å². The molecular formula is C34H34N2O6. The summed E-state index contributed by atoms with van der Waals surface area (Å²) in [5.74, 6) is 1.20. The van der Waals surface area contributed by atoms with Crippen molar-refractivity contribution in [2.24, 2.45) is 0 Å². The first-order valence-corrected chi connectivity index (χ1v) is 14.0. The van der Waals surface area contributed by atoms with Crippen molar-refractivity contribution in [2.75, 3.05) is 25.1 Å². The van der Waals surface area contributed by atoms with Crippen molar-refractivity contribution in [3.63, 3.8) is 0 Å². The molecule has 4 aromatic rings. The van der Waals surface area contributed by atoms with Crippen LogP contribution >= 0.6 is 0 Å². The Morgan fingerprint density at radius 2 is 1.43 bits per heavy atom. The van der Waals surface area contributed by atoms with Crippen LogP contribution < -0.4 is 14.8 Å². The molecule has 0 bridgehead atoms. The molecule has 0 spiro atoms. The quantitative estimate of drug-likeness (QED) is 0.173. The van der Waals surface area contributed by atoms with Gasteiger partial charge >= 0.3 is 12.0 Å². The second-order valence-corrected chi connectivity index (χ2v) is 10.2. The monoisotopic (exact) mass is 566 g/mol. The van der Waals surface area contributed by atoms with Crippen molar-refractivity contribution in [1.29, 1.82) is 0 Å². The standard InChI is InChI=1S/C34H34N2O6/c37-32(38)34(20-23-41-34)24-26-12-16-29(17-13-26)40-22-7-21-36(25-27-8-3-1-4-9-27)33(39)35-28-14-18-31(19-15-28)42-30-10-5-2-6-11-30/h1-6,8-19H,7,20-25H2,(H,35,39)(H,37,38). The van der Waals surface area contributed by atoms with Gasteiger partial charge in [0.15, 0.2) is 5.60 Å². The molecule has 1 aliphatic rings. The van der Waals surface area contributed by atoms with Crippen molar-refractivity contribution in [2.45, 2.75) is 31.4 Å². The maximum Gasteiger partial charge on any atom is 0.336 e. The fourth-order valence-corrected chi connectivity index (χ4v) is 4.70. The average Bonchev–Trinajstić information content (AvgIpc) is 2.99. The molecule has 1 atom stereocenters. The third-order valence-corrected chi connectivity index (χ3v) is 7.12. The third-order valence-electron chi connectivity index (χ3n) is 7.12. The molecule has 1 fully saturated rings. The Morgan fingerprint density at radius 1 is 0.810 bits per heavy atom. The van der Waals surface area contributed by atoms with Crippen LogP contribution in [0.5, 0.6) is 17.2 Å². The minimum absolute atomic E-state index is 0.203. The van der Waals surface area contributed by atoms with Gasteiger partial charge in [-0.15, -0.1) is 0 Å². The summed E-state index contributed by atoms with van der Waals surface area (Å²) in [4.78, 5) is 26.6. The maximum absolute atomic E-state index is 13.3. The lowest BCUT2D eigenvalue weighted by Crippen LogP contribution is -2.52. The summed E-state index contributed by atoms with van der Waals surface area (Å²) in [6.45, 7) is 1.85. The number of hydrogen-bond donors (Lipinski definition) is 2. The van der Waals surface area contributed by atoms with E-state index in [2.05, 4.69) is 5.32 Å². The van der Waals surface area contributed by atoms with Gasteiger partial charge in [0, 0.05) is 31.6 Å². The summed E-state index contributed by atoms with van der Waals surface area (Å²) < 4.78 is 17.1. The van der Waals surface area contributed by atoms with Crippen LogP contribution in [0.2, 0.25) is 0 Å². The average molecular weight is 567 g/mol. The molecule has 0 saturated carbocycles. The van der Waals surface area contributed by atoms with Gasteiger partial charge < -0.3 is 29.5 Å². The normalized spacial score (nSPS) is 15.7. The Hall–Kier alpha value is -4.82. The van der Waals surface area contributed by atoms with Crippen LogP contribution in [-0.2, 0) is 22.5 Å². The van der Waals surface area contributed by atoms with Gasteiger partial charge in [-0.1, -0.05) is 60.7 Å². The lowest BCUT2D eigenvalue weighted by Gasteiger charge is -2.37. The molecule has 8 heteroatoms. The number of hydrogen-bond acceptors (Lipinski definition) is 5. The molecule has 42 heavy (non-hydrogen) atoms. The van der Waals surface area contributed by atoms with E-state index in [1.165, 1.54) is 0 Å². The predicted octanol–water partition coefficient (Wildman–Crippen LogP) is 6.77. The van der Waals surface area contributed by atoms with Gasteiger partial charge in [0.1, 0.15) is 17.2 Å². The minimum Gasteiger partial charge on any atom is -0.494 e. The van der Waals surface area contributed by atoms with Crippen molar-refractivity contribution in [3.05, 3.63) is 120 Å². The Balaban J connectivity index is 1.13. The largest absolute Gasteiger partial charge is 0.494 e. The second-order valence-electron chi connectivity index (χ2n) is 10.2. The van der Waals surface area contributed by atoms with Gasteiger partial charge in [-0.3, -0.25) is 0 Å². The van der Waals surface area contributed by atoms with Crippen LogP contribution in [-0.4, -0.2) is 47.4 Å². The van der Waals surface area contributed by atoms with Crippen LogP contribution in [0.3, 0.4) is 0 Å². The summed E-state index contributed by atoms with van der Waals surface area (Å²) in [7, 11) is 0. The molecule has 2 N–H and O–H groups in total. The SMILES string of the molecule is O=C(Nc1ccc(Oc2ccccc2)cc1)N(CCCOc1ccc(CC2(C(=O)O)CCO2)cc1)Cc1ccccc1. The highest BCUT2D eigenvalue weighted by molar-refractivity contribution is 5.89. The van der Waals surface area contributed by atoms with Crippen LogP contribution in [0, 0.1) is 0 Å². The maximum atomic E-state index is 13.3. The predicted molar refractivity (Wildman–Crippen MR) is 160 cm³/mol. The van der Waals surface area contributed by atoms with E-state index in [4.69, 9.17) is 14.2 Å². The molecule has 0 aromatic heterocycles. The number of nitrogens with zero attached hydrogens (tertiary/aromatic N) is 1. The number of carbonyl (C=O) groups is 2. The van der Waals surface area contributed by atoms with E-state index in [1.807, 2.05) is 109 Å². The van der Waals surface area contributed by atoms with Crippen molar-refractivity contribution in [1.82, 2.24) is 4.90 Å². The summed E-state index contributed by atoms with van der Waals surface area (Å²) in [5, 5.41) is 12.5. The molecule has 1 aliphatic heterocycles. The van der Waals surface area contributed by atoms with Crippen molar-refractivity contribution >= 4 is 17.7 Å². The number of nitrogens with one attached hydrogen (secondary N) is 1. The van der Waals surface area contributed by atoms with Crippen molar-refractivity contribution in [3.8, 4) is 17.2 Å². The summed E-state index contributed by atoms with van der Waals surface area (Å²) in [6, 6.07) is 33.9. The smallest absolute Gasteiger partial charge is 0.336 e. The van der Waals surface area contributed by atoms with E-state index in [9.17, 15) is 14.7 Å². The van der Waals surface area contributed by atoms with E-state index in [1.54, 1.807) is 4.90 Å². The first-order chi connectivity index (χ1) is 20.5. The highest BCUT2D eigenvalue weighted by Gasteiger charge is 2.46. The Kier molecular flexibility index (Phi) is 9.36. The zero-order valence-electron chi connectivity index (χ0n) is 23.3. The number of benzene rings is 4. The van der Waals surface area contributed by atoms with Gasteiger partial charge in [-0.2, -0.15) is 0 Å². The molecule has 0 aliphatic carbocycles. The van der Waals surface area contributed by atoms with Gasteiger partial charge in [0.05, 0.1) is 13.2 Å². The molecule has 1 saturated heterocycles. The third kappa shape index (κ3) is 7.67. The second kappa shape index (κ2) is 13.7. The fraction of sp³-hybridized carbons (Fsp3) is 0.235.